The third-order valence-corrected chi connectivity index (χ3v) is 5.21. The summed E-state index contributed by atoms with van der Waals surface area (Å²) in [6.07, 6.45) is -1.00. The summed E-state index contributed by atoms with van der Waals surface area (Å²) in [5.74, 6) is -0.293. The first-order valence-corrected chi connectivity index (χ1v) is 10.2. The van der Waals surface area contributed by atoms with Gasteiger partial charge in [0.1, 0.15) is 5.58 Å². The lowest BCUT2D eigenvalue weighted by Gasteiger charge is -2.17. The van der Waals surface area contributed by atoms with Crippen LogP contribution in [-0.2, 0) is 4.79 Å². The van der Waals surface area contributed by atoms with Gasteiger partial charge in [-0.25, -0.2) is 0 Å². The fourth-order valence-corrected chi connectivity index (χ4v) is 3.42. The SMILES string of the molecule is CC(Oc1c(-c2ccccc2)oc2ccc(Cl)cc2c1=O)C(=O)Nc1ccccc1Cl. The molecule has 0 aliphatic rings. The van der Waals surface area contributed by atoms with Crippen LogP contribution in [0.3, 0.4) is 0 Å². The Morgan fingerprint density at radius 2 is 1.71 bits per heavy atom. The summed E-state index contributed by atoms with van der Waals surface area (Å²) < 4.78 is 11.8. The van der Waals surface area contributed by atoms with Gasteiger partial charge in [0.2, 0.25) is 11.2 Å². The Bertz CT molecular complexity index is 1320. The van der Waals surface area contributed by atoms with E-state index in [2.05, 4.69) is 5.32 Å². The summed E-state index contributed by atoms with van der Waals surface area (Å²) >= 11 is 12.2. The van der Waals surface area contributed by atoms with Gasteiger partial charge in [0.15, 0.2) is 11.9 Å². The number of carbonyl (C=O) groups is 1. The van der Waals surface area contributed by atoms with E-state index >= 15 is 0 Å². The molecular weight excluding hydrogens is 437 g/mol. The summed E-state index contributed by atoms with van der Waals surface area (Å²) in [6.45, 7) is 1.54. The van der Waals surface area contributed by atoms with Crippen LogP contribution in [0, 0.1) is 0 Å². The number of benzene rings is 3. The van der Waals surface area contributed by atoms with E-state index in [0.29, 0.717) is 26.9 Å². The number of rotatable bonds is 5. The van der Waals surface area contributed by atoms with E-state index in [1.807, 2.05) is 18.2 Å². The van der Waals surface area contributed by atoms with Crippen molar-refractivity contribution in [2.75, 3.05) is 5.32 Å². The van der Waals surface area contributed by atoms with Crippen molar-refractivity contribution in [2.45, 2.75) is 13.0 Å². The molecule has 0 aliphatic carbocycles. The van der Waals surface area contributed by atoms with Gasteiger partial charge in [-0.15, -0.1) is 0 Å². The van der Waals surface area contributed by atoms with Crippen molar-refractivity contribution in [3.8, 4) is 17.1 Å². The van der Waals surface area contributed by atoms with Gasteiger partial charge >= 0.3 is 0 Å². The molecular formula is C24H17Cl2NO4. The maximum absolute atomic E-state index is 13.2. The summed E-state index contributed by atoms with van der Waals surface area (Å²) in [6, 6.07) is 20.7. The number of halogens is 2. The molecule has 0 aliphatic heterocycles. The second kappa shape index (κ2) is 8.84. The molecule has 1 heterocycles. The van der Waals surface area contributed by atoms with E-state index in [-0.39, 0.29) is 16.9 Å². The molecule has 0 spiro atoms. The quantitative estimate of drug-likeness (QED) is 0.392. The zero-order valence-electron chi connectivity index (χ0n) is 16.4. The Morgan fingerprint density at radius 1 is 1.00 bits per heavy atom. The molecule has 1 atom stereocenters. The Labute approximate surface area is 188 Å². The lowest BCUT2D eigenvalue weighted by atomic mass is 10.1. The second-order valence-corrected chi connectivity index (χ2v) is 7.67. The Balaban J connectivity index is 1.75. The van der Waals surface area contributed by atoms with Crippen LogP contribution in [-0.4, -0.2) is 12.0 Å². The molecule has 1 aromatic heterocycles. The maximum Gasteiger partial charge on any atom is 0.265 e. The molecule has 4 rings (SSSR count). The van der Waals surface area contributed by atoms with Crippen LogP contribution in [0.1, 0.15) is 6.92 Å². The van der Waals surface area contributed by atoms with Gasteiger partial charge in [-0.3, -0.25) is 9.59 Å². The van der Waals surface area contributed by atoms with Crippen LogP contribution in [0.4, 0.5) is 5.69 Å². The van der Waals surface area contributed by atoms with Crippen LogP contribution < -0.4 is 15.5 Å². The van der Waals surface area contributed by atoms with Crippen molar-refractivity contribution in [3.05, 3.63) is 93.1 Å². The van der Waals surface area contributed by atoms with Gasteiger partial charge in [-0.2, -0.15) is 0 Å². The number of amides is 1. The van der Waals surface area contributed by atoms with Gasteiger partial charge in [-0.1, -0.05) is 65.7 Å². The molecule has 3 aromatic carbocycles. The molecule has 1 amide bonds. The lowest BCUT2D eigenvalue weighted by molar-refractivity contribution is -0.122. The number of fused-ring (bicyclic) bond motifs is 1. The van der Waals surface area contributed by atoms with Crippen molar-refractivity contribution in [1.29, 1.82) is 0 Å². The zero-order chi connectivity index (χ0) is 22.0. The lowest BCUT2D eigenvalue weighted by Crippen LogP contribution is -2.32. The first-order valence-electron chi connectivity index (χ1n) is 9.48. The summed E-state index contributed by atoms with van der Waals surface area (Å²) in [5.41, 5.74) is 1.05. The van der Waals surface area contributed by atoms with Crippen molar-refractivity contribution in [3.63, 3.8) is 0 Å². The largest absolute Gasteiger partial charge is 0.473 e. The van der Waals surface area contributed by atoms with Gasteiger partial charge in [0, 0.05) is 10.6 Å². The van der Waals surface area contributed by atoms with Gasteiger partial charge in [0.25, 0.3) is 5.91 Å². The number of anilines is 1. The molecule has 5 nitrogen and oxygen atoms in total. The first kappa shape index (κ1) is 21.0. The van der Waals surface area contributed by atoms with Crippen molar-refractivity contribution >= 4 is 45.8 Å². The topological polar surface area (TPSA) is 68.5 Å². The molecule has 4 aromatic rings. The van der Waals surface area contributed by atoms with E-state index in [1.165, 1.54) is 6.07 Å². The molecule has 0 bridgehead atoms. The molecule has 0 radical (unpaired) electrons. The van der Waals surface area contributed by atoms with E-state index in [1.54, 1.807) is 55.5 Å². The van der Waals surface area contributed by atoms with Gasteiger partial charge in [0.05, 0.1) is 16.1 Å². The Kier molecular flexibility index (Phi) is 5.98. The number of ether oxygens (including phenoxy) is 1. The molecule has 156 valence electrons. The first-order chi connectivity index (χ1) is 14.9. The van der Waals surface area contributed by atoms with Crippen molar-refractivity contribution < 1.29 is 13.9 Å². The zero-order valence-corrected chi connectivity index (χ0v) is 17.9. The number of para-hydroxylation sites is 1. The smallest absolute Gasteiger partial charge is 0.265 e. The molecule has 0 saturated heterocycles. The normalized spacial score (nSPS) is 11.8. The highest BCUT2D eigenvalue weighted by Gasteiger charge is 2.23. The molecule has 31 heavy (non-hydrogen) atoms. The predicted octanol–water partition coefficient (Wildman–Crippen LogP) is 6.17. The Hall–Kier alpha value is -3.28. The molecule has 1 unspecified atom stereocenters. The second-order valence-electron chi connectivity index (χ2n) is 6.83. The summed E-state index contributed by atoms with van der Waals surface area (Å²) in [5, 5.41) is 3.76. The van der Waals surface area contributed by atoms with Crippen LogP contribution in [0.15, 0.2) is 82.0 Å². The van der Waals surface area contributed by atoms with Crippen LogP contribution in [0.2, 0.25) is 10.0 Å². The minimum absolute atomic E-state index is 0.0669. The fourth-order valence-electron chi connectivity index (χ4n) is 3.06. The Morgan fingerprint density at radius 3 is 2.45 bits per heavy atom. The monoisotopic (exact) mass is 453 g/mol. The molecule has 0 fully saturated rings. The minimum atomic E-state index is -1.00. The molecule has 0 saturated carbocycles. The highest BCUT2D eigenvalue weighted by molar-refractivity contribution is 6.33. The minimum Gasteiger partial charge on any atom is -0.473 e. The van der Waals surface area contributed by atoms with E-state index in [9.17, 15) is 9.59 Å². The number of carbonyl (C=O) groups excluding carboxylic acids is 1. The van der Waals surface area contributed by atoms with Crippen LogP contribution in [0.25, 0.3) is 22.3 Å². The van der Waals surface area contributed by atoms with Gasteiger partial charge in [-0.05, 0) is 37.3 Å². The van der Waals surface area contributed by atoms with E-state index < -0.39 is 17.4 Å². The van der Waals surface area contributed by atoms with Crippen LogP contribution in [0.5, 0.6) is 5.75 Å². The summed E-state index contributed by atoms with van der Waals surface area (Å²) in [7, 11) is 0. The van der Waals surface area contributed by atoms with Crippen molar-refractivity contribution in [2.24, 2.45) is 0 Å². The third kappa shape index (κ3) is 4.43. The predicted molar refractivity (Wildman–Crippen MR) is 123 cm³/mol. The molecule has 7 heteroatoms. The highest BCUT2D eigenvalue weighted by Crippen LogP contribution is 2.32. The fraction of sp³-hybridized carbons (Fsp3) is 0.0833. The highest BCUT2D eigenvalue weighted by atomic mass is 35.5. The van der Waals surface area contributed by atoms with E-state index in [0.717, 1.165) is 0 Å². The van der Waals surface area contributed by atoms with Gasteiger partial charge < -0.3 is 14.5 Å². The number of nitrogens with one attached hydrogen (secondary N) is 1. The van der Waals surface area contributed by atoms with E-state index in [4.69, 9.17) is 32.4 Å². The van der Waals surface area contributed by atoms with Crippen LogP contribution >= 0.6 is 23.2 Å². The third-order valence-electron chi connectivity index (χ3n) is 4.64. The summed E-state index contributed by atoms with van der Waals surface area (Å²) in [4.78, 5) is 25.9. The average molecular weight is 454 g/mol. The maximum atomic E-state index is 13.2. The average Bonchev–Trinajstić information content (AvgIpc) is 2.78. The number of hydrogen-bond acceptors (Lipinski definition) is 4. The van der Waals surface area contributed by atoms with Crippen molar-refractivity contribution in [1.82, 2.24) is 0 Å². The number of hydrogen-bond donors (Lipinski definition) is 1. The standard InChI is InChI=1S/C24H17Cl2NO4/c1-14(24(29)27-19-10-6-5-9-18(19)26)30-23-21(28)17-13-16(25)11-12-20(17)31-22(23)15-7-3-2-4-8-15/h2-14H,1H3,(H,27,29). The molecule has 1 N–H and O–H groups in total.